The highest BCUT2D eigenvalue weighted by atomic mass is 35.5. The third kappa shape index (κ3) is 3.99. The van der Waals surface area contributed by atoms with E-state index in [1.54, 1.807) is 7.11 Å². The summed E-state index contributed by atoms with van der Waals surface area (Å²) in [6.45, 7) is 4.98. The molecule has 2 nitrogen and oxygen atoms in total. The summed E-state index contributed by atoms with van der Waals surface area (Å²) in [5.74, 6) is 0.828. The Bertz CT molecular complexity index is 580. The second-order valence-corrected chi connectivity index (χ2v) is 5.58. The van der Waals surface area contributed by atoms with Crippen LogP contribution in [0.25, 0.3) is 0 Å². The number of aryl methyl sites for hydroxylation is 1. The molecule has 0 aromatic heterocycles. The van der Waals surface area contributed by atoms with Gasteiger partial charge in [-0.2, -0.15) is 0 Å². The molecule has 2 aromatic carbocycles. The van der Waals surface area contributed by atoms with Gasteiger partial charge in [0.25, 0.3) is 0 Å². The summed E-state index contributed by atoms with van der Waals surface area (Å²) in [5, 5.41) is 4.31. The molecular formula is C18H22ClNO. The standard InChI is InChI=1S/C18H22ClNO/c1-4-17(14-10-8-13(2)9-11-14)20-12-15-16(19)6-5-7-18(15)21-3/h5-11,17,20H,4,12H2,1-3H3. The molecule has 0 aliphatic carbocycles. The van der Waals surface area contributed by atoms with E-state index in [4.69, 9.17) is 16.3 Å². The Balaban J connectivity index is 2.12. The smallest absolute Gasteiger partial charge is 0.124 e. The molecule has 2 aromatic rings. The molecule has 0 radical (unpaired) electrons. The number of methoxy groups -OCH3 is 1. The largest absolute Gasteiger partial charge is 0.496 e. The molecule has 1 atom stereocenters. The SMILES string of the molecule is CCC(NCc1c(Cl)cccc1OC)c1ccc(C)cc1. The summed E-state index contributed by atoms with van der Waals surface area (Å²) in [7, 11) is 1.67. The second-order valence-electron chi connectivity index (χ2n) is 5.17. The van der Waals surface area contributed by atoms with Crippen molar-refractivity contribution >= 4 is 11.6 Å². The van der Waals surface area contributed by atoms with Crippen molar-refractivity contribution in [2.75, 3.05) is 7.11 Å². The van der Waals surface area contributed by atoms with Crippen molar-refractivity contribution in [1.82, 2.24) is 5.32 Å². The molecule has 1 N–H and O–H groups in total. The lowest BCUT2D eigenvalue weighted by Crippen LogP contribution is -2.20. The van der Waals surface area contributed by atoms with Crippen molar-refractivity contribution in [3.05, 3.63) is 64.2 Å². The molecule has 112 valence electrons. The maximum atomic E-state index is 6.28. The molecule has 0 fully saturated rings. The van der Waals surface area contributed by atoms with Gasteiger partial charge in [-0.3, -0.25) is 0 Å². The number of halogens is 1. The predicted molar refractivity (Wildman–Crippen MR) is 89.1 cm³/mol. The Morgan fingerprint density at radius 3 is 2.48 bits per heavy atom. The van der Waals surface area contributed by atoms with Crippen molar-refractivity contribution in [1.29, 1.82) is 0 Å². The van der Waals surface area contributed by atoms with Crippen LogP contribution in [0.3, 0.4) is 0 Å². The average Bonchev–Trinajstić information content (AvgIpc) is 2.50. The fourth-order valence-electron chi connectivity index (χ4n) is 2.42. The lowest BCUT2D eigenvalue weighted by molar-refractivity contribution is 0.404. The Hall–Kier alpha value is -1.51. The van der Waals surface area contributed by atoms with Crippen LogP contribution < -0.4 is 10.1 Å². The molecule has 0 saturated carbocycles. The van der Waals surface area contributed by atoms with Gasteiger partial charge in [0.05, 0.1) is 7.11 Å². The van der Waals surface area contributed by atoms with Gasteiger partial charge in [0.15, 0.2) is 0 Å². The first-order valence-electron chi connectivity index (χ1n) is 7.27. The number of hydrogen-bond acceptors (Lipinski definition) is 2. The Kier molecular flexibility index (Phi) is 5.66. The van der Waals surface area contributed by atoms with Gasteiger partial charge >= 0.3 is 0 Å². The summed E-state index contributed by atoms with van der Waals surface area (Å²) in [5.41, 5.74) is 3.59. The third-order valence-electron chi connectivity index (χ3n) is 3.71. The van der Waals surface area contributed by atoms with E-state index in [1.165, 1.54) is 11.1 Å². The van der Waals surface area contributed by atoms with E-state index in [1.807, 2.05) is 18.2 Å². The average molecular weight is 304 g/mol. The molecule has 0 aliphatic rings. The Morgan fingerprint density at radius 2 is 1.86 bits per heavy atom. The number of rotatable bonds is 6. The normalized spacial score (nSPS) is 12.2. The van der Waals surface area contributed by atoms with Crippen molar-refractivity contribution in [3.63, 3.8) is 0 Å². The summed E-state index contributed by atoms with van der Waals surface area (Å²) < 4.78 is 5.39. The van der Waals surface area contributed by atoms with Crippen LogP contribution in [-0.2, 0) is 6.54 Å². The fourth-order valence-corrected chi connectivity index (χ4v) is 2.66. The number of hydrogen-bond donors (Lipinski definition) is 1. The van der Waals surface area contributed by atoms with E-state index < -0.39 is 0 Å². The zero-order chi connectivity index (χ0) is 15.2. The minimum atomic E-state index is 0.312. The van der Waals surface area contributed by atoms with Gasteiger partial charge in [-0.25, -0.2) is 0 Å². The number of nitrogens with one attached hydrogen (secondary N) is 1. The van der Waals surface area contributed by atoms with Gasteiger partial charge in [-0.15, -0.1) is 0 Å². The quantitative estimate of drug-likeness (QED) is 0.819. The number of benzene rings is 2. The van der Waals surface area contributed by atoms with E-state index >= 15 is 0 Å². The molecule has 21 heavy (non-hydrogen) atoms. The van der Waals surface area contributed by atoms with Gasteiger partial charge < -0.3 is 10.1 Å². The second kappa shape index (κ2) is 7.48. The Morgan fingerprint density at radius 1 is 1.14 bits per heavy atom. The molecule has 2 rings (SSSR count). The van der Waals surface area contributed by atoms with E-state index in [9.17, 15) is 0 Å². The van der Waals surface area contributed by atoms with Gasteiger partial charge in [0.1, 0.15) is 5.75 Å². The zero-order valence-electron chi connectivity index (χ0n) is 12.8. The van der Waals surface area contributed by atoms with Crippen LogP contribution in [0.4, 0.5) is 0 Å². The highest BCUT2D eigenvalue weighted by Gasteiger charge is 2.12. The topological polar surface area (TPSA) is 21.3 Å². The fraction of sp³-hybridized carbons (Fsp3) is 0.333. The molecule has 0 bridgehead atoms. The van der Waals surface area contributed by atoms with Crippen molar-refractivity contribution in [3.8, 4) is 5.75 Å². The molecule has 1 unspecified atom stereocenters. The van der Waals surface area contributed by atoms with Crippen LogP contribution in [0.2, 0.25) is 5.02 Å². The van der Waals surface area contributed by atoms with Crippen LogP contribution >= 0.6 is 11.6 Å². The van der Waals surface area contributed by atoms with Gasteiger partial charge in [-0.1, -0.05) is 54.4 Å². The molecule has 0 spiro atoms. The van der Waals surface area contributed by atoms with Crippen molar-refractivity contribution in [2.24, 2.45) is 0 Å². The van der Waals surface area contributed by atoms with E-state index in [0.717, 1.165) is 22.8 Å². The molecule has 0 heterocycles. The minimum Gasteiger partial charge on any atom is -0.496 e. The van der Waals surface area contributed by atoms with Crippen LogP contribution in [0.5, 0.6) is 5.75 Å². The molecule has 3 heteroatoms. The lowest BCUT2D eigenvalue weighted by atomic mass is 10.0. The first-order valence-corrected chi connectivity index (χ1v) is 7.64. The molecule has 0 saturated heterocycles. The van der Waals surface area contributed by atoms with E-state index in [-0.39, 0.29) is 0 Å². The first kappa shape index (κ1) is 15.9. The lowest BCUT2D eigenvalue weighted by Gasteiger charge is -2.19. The Labute approximate surface area is 132 Å². The minimum absolute atomic E-state index is 0.312. The van der Waals surface area contributed by atoms with Gasteiger partial charge in [0.2, 0.25) is 0 Å². The molecule has 0 amide bonds. The zero-order valence-corrected chi connectivity index (χ0v) is 13.6. The summed E-state index contributed by atoms with van der Waals surface area (Å²) in [4.78, 5) is 0. The van der Waals surface area contributed by atoms with E-state index in [2.05, 4.69) is 43.4 Å². The van der Waals surface area contributed by atoms with Gasteiger partial charge in [-0.05, 0) is 31.0 Å². The maximum Gasteiger partial charge on any atom is 0.124 e. The highest BCUT2D eigenvalue weighted by Crippen LogP contribution is 2.27. The number of ether oxygens (including phenoxy) is 1. The molecular weight excluding hydrogens is 282 g/mol. The third-order valence-corrected chi connectivity index (χ3v) is 4.06. The highest BCUT2D eigenvalue weighted by molar-refractivity contribution is 6.31. The van der Waals surface area contributed by atoms with Crippen LogP contribution in [0, 0.1) is 6.92 Å². The molecule has 0 aliphatic heterocycles. The van der Waals surface area contributed by atoms with E-state index in [0.29, 0.717) is 12.6 Å². The summed E-state index contributed by atoms with van der Waals surface area (Å²) >= 11 is 6.28. The predicted octanol–water partition coefficient (Wildman–Crippen LogP) is 4.90. The van der Waals surface area contributed by atoms with Crippen molar-refractivity contribution in [2.45, 2.75) is 32.9 Å². The maximum absolute atomic E-state index is 6.28. The monoisotopic (exact) mass is 303 g/mol. The van der Waals surface area contributed by atoms with Gasteiger partial charge in [0, 0.05) is 23.2 Å². The summed E-state index contributed by atoms with van der Waals surface area (Å²) in [6, 6.07) is 14.7. The van der Waals surface area contributed by atoms with Crippen LogP contribution in [-0.4, -0.2) is 7.11 Å². The first-order chi connectivity index (χ1) is 10.2. The van der Waals surface area contributed by atoms with Crippen LogP contribution in [0.15, 0.2) is 42.5 Å². The van der Waals surface area contributed by atoms with Crippen LogP contribution in [0.1, 0.15) is 36.1 Å². The van der Waals surface area contributed by atoms with Crippen molar-refractivity contribution < 1.29 is 4.74 Å². The summed E-state index contributed by atoms with van der Waals surface area (Å²) in [6.07, 6.45) is 1.02.